The van der Waals surface area contributed by atoms with E-state index in [-0.39, 0.29) is 23.0 Å². The minimum Gasteiger partial charge on any atom is -0.457 e. The van der Waals surface area contributed by atoms with Gasteiger partial charge in [0.25, 0.3) is 18.3 Å². The Hall–Kier alpha value is -3.55. The topological polar surface area (TPSA) is 174 Å². The highest BCUT2D eigenvalue weighted by Gasteiger charge is 2.43. The van der Waals surface area contributed by atoms with Crippen LogP contribution < -0.4 is 16.0 Å². The van der Waals surface area contributed by atoms with Crippen molar-refractivity contribution in [3.63, 3.8) is 0 Å². The monoisotopic (exact) mass is 469 g/mol. The summed E-state index contributed by atoms with van der Waals surface area (Å²) in [5.41, 5.74) is -2.74. The molecule has 2 atom stereocenters. The van der Waals surface area contributed by atoms with Gasteiger partial charge in [0.05, 0.1) is 0 Å². The van der Waals surface area contributed by atoms with Crippen molar-refractivity contribution >= 4 is 52.8 Å². The smallest absolute Gasteiger partial charge is 0.353 e. The van der Waals surface area contributed by atoms with Crippen LogP contribution in [0.4, 0.5) is 5.13 Å². The van der Waals surface area contributed by atoms with Crippen LogP contribution in [0.3, 0.4) is 0 Å². The van der Waals surface area contributed by atoms with E-state index in [4.69, 9.17) is 9.57 Å². The summed E-state index contributed by atoms with van der Waals surface area (Å²) in [6, 6.07) is -1.16. The lowest BCUT2D eigenvalue weighted by Crippen LogP contribution is -2.70. The van der Waals surface area contributed by atoms with E-state index in [0.717, 1.165) is 11.3 Å². The van der Waals surface area contributed by atoms with Crippen LogP contribution in [0.5, 0.6) is 0 Å². The average Bonchev–Trinajstić information content (AvgIpc) is 3.13. The molecular formula is C18H23N5O8S. The van der Waals surface area contributed by atoms with Gasteiger partial charge in [0, 0.05) is 5.38 Å². The maximum Gasteiger partial charge on any atom is 0.353 e. The number of carbonyl (C=O) groups excluding carboxylic acids is 5. The lowest BCUT2D eigenvalue weighted by Gasteiger charge is -2.34. The van der Waals surface area contributed by atoms with E-state index in [0.29, 0.717) is 6.41 Å². The van der Waals surface area contributed by atoms with Crippen LogP contribution >= 0.6 is 11.3 Å². The number of nitrogens with zero attached hydrogens (tertiary/aromatic N) is 2. The third-order valence-electron chi connectivity index (χ3n) is 3.76. The van der Waals surface area contributed by atoms with Crippen molar-refractivity contribution in [3.05, 3.63) is 11.1 Å². The lowest BCUT2D eigenvalue weighted by atomic mass is 10.1. The molecule has 3 amide bonds. The first-order chi connectivity index (χ1) is 14.9. The second-order valence-corrected chi connectivity index (χ2v) is 8.81. The third kappa shape index (κ3) is 6.23. The number of hydrogen-bond donors (Lipinski definition) is 3. The summed E-state index contributed by atoms with van der Waals surface area (Å²) < 4.78 is 9.94. The Labute approximate surface area is 186 Å². The van der Waals surface area contributed by atoms with Crippen molar-refractivity contribution in [1.82, 2.24) is 15.6 Å². The molecule has 13 nitrogen and oxygen atoms in total. The van der Waals surface area contributed by atoms with Crippen LogP contribution in [0.1, 0.15) is 40.3 Å². The molecule has 0 unspecified atom stereocenters. The summed E-state index contributed by atoms with van der Waals surface area (Å²) in [7, 11) is 0. The van der Waals surface area contributed by atoms with Gasteiger partial charge < -0.3 is 30.3 Å². The second-order valence-electron chi connectivity index (χ2n) is 7.96. The zero-order chi connectivity index (χ0) is 24.1. The number of aromatic nitrogens is 1. The molecule has 1 aliphatic rings. The van der Waals surface area contributed by atoms with Crippen molar-refractivity contribution < 1.29 is 38.3 Å². The molecule has 3 N–H and O–H groups in total. The zero-order valence-corrected chi connectivity index (χ0v) is 18.8. The first-order valence-electron chi connectivity index (χ1n) is 9.24. The number of β-lactam (4-membered cyclic amide) rings is 1. The Kier molecular flexibility index (Phi) is 7.51. The van der Waals surface area contributed by atoms with Crippen LogP contribution in [0, 0.1) is 0 Å². The molecule has 1 fully saturated rings. The third-order valence-corrected chi connectivity index (χ3v) is 4.53. The molecule has 1 aromatic heterocycles. The zero-order valence-electron chi connectivity index (χ0n) is 18.0. The number of esters is 1. The Morgan fingerprint density at radius 3 is 2.50 bits per heavy atom. The average molecular weight is 469 g/mol. The fourth-order valence-electron chi connectivity index (χ4n) is 2.18. The van der Waals surface area contributed by atoms with Gasteiger partial charge in [-0.25, -0.2) is 9.78 Å². The number of ether oxygens (including phenoxy) is 2. The van der Waals surface area contributed by atoms with E-state index in [9.17, 15) is 24.0 Å². The van der Waals surface area contributed by atoms with E-state index in [1.807, 2.05) is 0 Å². The van der Waals surface area contributed by atoms with Gasteiger partial charge in [0.1, 0.15) is 11.3 Å². The Morgan fingerprint density at radius 1 is 1.25 bits per heavy atom. The maximum absolute atomic E-state index is 12.8. The molecule has 1 aliphatic heterocycles. The van der Waals surface area contributed by atoms with Gasteiger partial charge >= 0.3 is 5.97 Å². The first kappa shape index (κ1) is 24.7. The summed E-state index contributed by atoms with van der Waals surface area (Å²) >= 11 is 1.00. The van der Waals surface area contributed by atoms with Gasteiger partial charge in [-0.1, -0.05) is 5.16 Å². The first-order valence-corrected chi connectivity index (χ1v) is 10.1. The largest absolute Gasteiger partial charge is 0.457 e. The van der Waals surface area contributed by atoms with E-state index in [2.05, 4.69) is 30.8 Å². The molecule has 32 heavy (non-hydrogen) atoms. The number of amides is 3. The van der Waals surface area contributed by atoms with E-state index in [1.165, 1.54) is 19.2 Å². The van der Waals surface area contributed by atoms with Crippen LogP contribution in [0.15, 0.2) is 10.5 Å². The minimum atomic E-state index is -1.57. The van der Waals surface area contributed by atoms with Crippen molar-refractivity contribution in [1.29, 1.82) is 0 Å². The van der Waals surface area contributed by atoms with Gasteiger partial charge in [-0.3, -0.25) is 19.2 Å². The molecule has 0 radical (unpaired) electrons. The maximum atomic E-state index is 12.8. The molecule has 0 saturated carbocycles. The molecule has 0 aliphatic carbocycles. The van der Waals surface area contributed by atoms with Gasteiger partial charge in [-0.05, 0) is 34.6 Å². The summed E-state index contributed by atoms with van der Waals surface area (Å²) in [6.07, 6.45) is -0.645. The molecule has 174 valence electrons. The Balaban J connectivity index is 2.28. The molecule has 1 saturated heterocycles. The molecular weight excluding hydrogens is 446 g/mol. The number of rotatable bonds is 10. The summed E-state index contributed by atoms with van der Waals surface area (Å²) in [5, 5.41) is 12.4. The van der Waals surface area contributed by atoms with Crippen LogP contribution in [0.2, 0.25) is 0 Å². The molecule has 14 heteroatoms. The second kappa shape index (κ2) is 9.72. The van der Waals surface area contributed by atoms with Crippen molar-refractivity contribution in [3.8, 4) is 0 Å². The molecule has 0 bridgehead atoms. The van der Waals surface area contributed by atoms with Crippen LogP contribution in [-0.2, 0) is 38.3 Å². The van der Waals surface area contributed by atoms with Gasteiger partial charge in [-0.2, -0.15) is 0 Å². The summed E-state index contributed by atoms with van der Waals surface area (Å²) in [5.74, 6) is -2.21. The highest BCUT2D eigenvalue weighted by molar-refractivity contribution is 7.14. The van der Waals surface area contributed by atoms with E-state index >= 15 is 0 Å². The van der Waals surface area contributed by atoms with Gasteiger partial charge in [0.15, 0.2) is 16.9 Å². The predicted molar refractivity (Wildman–Crippen MR) is 110 cm³/mol. The molecule has 0 aromatic carbocycles. The lowest BCUT2D eigenvalue weighted by molar-refractivity contribution is -0.179. The van der Waals surface area contributed by atoms with E-state index in [1.54, 1.807) is 20.8 Å². The highest BCUT2D eigenvalue weighted by atomic mass is 32.1. The molecule has 0 spiro atoms. The SMILES string of the molecule is CC(C)(C)OC(=O)C(C)(C)ON=C(C(=O)N[C@@H]1C(=O)N[C@@H]1OC=O)c1csc(NC=O)n1. The summed E-state index contributed by atoms with van der Waals surface area (Å²) in [4.78, 5) is 67.5. The number of carbonyl (C=O) groups is 5. The highest BCUT2D eigenvalue weighted by Crippen LogP contribution is 2.20. The van der Waals surface area contributed by atoms with Crippen molar-refractivity contribution in [2.45, 2.75) is 58.1 Å². The Morgan fingerprint density at radius 2 is 1.94 bits per heavy atom. The number of thiazole rings is 1. The number of oxime groups is 1. The predicted octanol–water partition coefficient (Wildman–Crippen LogP) is -0.334. The fourth-order valence-corrected chi connectivity index (χ4v) is 2.83. The Bertz CT molecular complexity index is 934. The number of hydrogen-bond acceptors (Lipinski definition) is 11. The summed E-state index contributed by atoms with van der Waals surface area (Å²) in [6.45, 7) is 7.97. The standard InChI is InChI=1S/C18H23N5O8S/c1-17(2,3)30-15(28)18(4,5)31-23-10(9-6-32-16(20-9)19-7-24)12(26)21-11-13(27)22-14(11)29-8-25/h6-8,11,14H,1-5H3,(H,21,26)(H,22,27)(H,19,20,24)/t11-,14-/m1/s1. The molecule has 1 aromatic rings. The van der Waals surface area contributed by atoms with Crippen LogP contribution in [-0.4, -0.2) is 64.8 Å². The number of nitrogens with one attached hydrogen (secondary N) is 3. The molecule has 2 heterocycles. The fraction of sp³-hybridized carbons (Fsp3) is 0.500. The van der Waals surface area contributed by atoms with Crippen molar-refractivity contribution in [2.24, 2.45) is 5.16 Å². The van der Waals surface area contributed by atoms with Gasteiger partial charge in [-0.15, -0.1) is 11.3 Å². The minimum absolute atomic E-state index is 0.00410. The number of anilines is 1. The van der Waals surface area contributed by atoms with E-state index < -0.39 is 41.3 Å². The molecule has 2 rings (SSSR count). The van der Waals surface area contributed by atoms with Gasteiger partial charge in [0.2, 0.25) is 18.2 Å². The van der Waals surface area contributed by atoms with Crippen molar-refractivity contribution in [2.75, 3.05) is 5.32 Å². The quantitative estimate of drug-likeness (QED) is 0.136. The van der Waals surface area contributed by atoms with Crippen LogP contribution in [0.25, 0.3) is 0 Å². The normalized spacial score (nSPS) is 18.5.